The molecule has 0 heterocycles. The van der Waals surface area contributed by atoms with Gasteiger partial charge in [0.2, 0.25) is 0 Å². The van der Waals surface area contributed by atoms with E-state index < -0.39 is 0 Å². The number of fused-ring (bicyclic) bond motifs is 7. The van der Waals surface area contributed by atoms with E-state index in [1.54, 1.807) is 0 Å². The molecule has 0 amide bonds. The van der Waals surface area contributed by atoms with E-state index in [0.717, 1.165) is 6.42 Å². The van der Waals surface area contributed by atoms with Gasteiger partial charge >= 0.3 is 0 Å². The zero-order chi connectivity index (χ0) is 15.6. The van der Waals surface area contributed by atoms with Gasteiger partial charge < -0.3 is 0 Å². The second-order valence-corrected chi connectivity index (χ2v) is 6.69. The van der Waals surface area contributed by atoms with Crippen LogP contribution in [0.1, 0.15) is 22.3 Å². The molecule has 0 aliphatic heterocycles. The van der Waals surface area contributed by atoms with Crippen molar-refractivity contribution < 1.29 is 0 Å². The van der Waals surface area contributed by atoms with Gasteiger partial charge in [-0.3, -0.25) is 0 Å². The predicted molar refractivity (Wildman–Crippen MR) is 99.2 cm³/mol. The predicted octanol–water partition coefficient (Wildman–Crippen LogP) is 6.18. The van der Waals surface area contributed by atoms with Gasteiger partial charge in [-0.15, -0.1) is 0 Å². The molecular weight excluding hydrogens is 276 g/mol. The molecule has 0 N–H and O–H groups in total. The Bertz CT molecular complexity index is 1100. The molecule has 5 rings (SSSR count). The average Bonchev–Trinajstić information content (AvgIpc) is 2.97. The molecule has 23 heavy (non-hydrogen) atoms. The van der Waals surface area contributed by atoms with Crippen molar-refractivity contribution in [2.75, 3.05) is 0 Å². The topological polar surface area (TPSA) is 0 Å². The molecular formula is C23H18. The minimum absolute atomic E-state index is 1.07. The van der Waals surface area contributed by atoms with E-state index >= 15 is 0 Å². The molecule has 0 heteroatoms. The zero-order valence-corrected chi connectivity index (χ0v) is 13.5. The Hall–Kier alpha value is -2.60. The van der Waals surface area contributed by atoms with Crippen LogP contribution in [0.25, 0.3) is 32.7 Å². The first-order valence-electron chi connectivity index (χ1n) is 8.27. The highest BCUT2D eigenvalue weighted by Gasteiger charge is 2.23. The van der Waals surface area contributed by atoms with Crippen LogP contribution in [0.3, 0.4) is 0 Å². The van der Waals surface area contributed by atoms with E-state index in [1.165, 1.54) is 54.9 Å². The molecule has 0 nitrogen and oxygen atoms in total. The van der Waals surface area contributed by atoms with E-state index in [2.05, 4.69) is 74.5 Å². The maximum atomic E-state index is 2.32. The number of hydrogen-bond acceptors (Lipinski definition) is 0. The minimum Gasteiger partial charge on any atom is -0.0616 e. The Balaban J connectivity index is 1.99. The zero-order valence-electron chi connectivity index (χ0n) is 13.5. The largest absolute Gasteiger partial charge is 0.0616 e. The number of rotatable bonds is 0. The van der Waals surface area contributed by atoms with E-state index in [9.17, 15) is 0 Å². The maximum absolute atomic E-state index is 2.32. The van der Waals surface area contributed by atoms with Crippen molar-refractivity contribution in [1.82, 2.24) is 0 Å². The summed E-state index contributed by atoms with van der Waals surface area (Å²) in [5.41, 5.74) is 8.72. The molecule has 0 saturated carbocycles. The Kier molecular flexibility index (Phi) is 2.50. The highest BCUT2D eigenvalue weighted by molar-refractivity contribution is 6.16. The van der Waals surface area contributed by atoms with Gasteiger partial charge in [-0.05, 0) is 75.2 Å². The van der Waals surface area contributed by atoms with Crippen molar-refractivity contribution in [2.45, 2.75) is 20.3 Å². The van der Waals surface area contributed by atoms with Crippen molar-refractivity contribution in [3.05, 3.63) is 82.9 Å². The normalized spacial score (nSPS) is 12.6. The lowest BCUT2D eigenvalue weighted by Crippen LogP contribution is -1.89. The van der Waals surface area contributed by atoms with Gasteiger partial charge in [-0.25, -0.2) is 0 Å². The lowest BCUT2D eigenvalue weighted by atomic mass is 9.92. The van der Waals surface area contributed by atoms with Crippen LogP contribution in [-0.4, -0.2) is 0 Å². The summed E-state index contributed by atoms with van der Waals surface area (Å²) in [5, 5.41) is 5.45. The summed E-state index contributed by atoms with van der Waals surface area (Å²) in [6, 6.07) is 22.4. The molecule has 4 aromatic rings. The molecule has 0 unspecified atom stereocenters. The Morgan fingerprint density at radius 2 is 1.52 bits per heavy atom. The molecule has 0 atom stereocenters. The third-order valence-corrected chi connectivity index (χ3v) is 5.50. The monoisotopic (exact) mass is 294 g/mol. The first-order chi connectivity index (χ1) is 11.2. The molecule has 4 aromatic carbocycles. The summed E-state index contributed by atoms with van der Waals surface area (Å²) in [6.45, 7) is 4.48. The van der Waals surface area contributed by atoms with E-state index in [4.69, 9.17) is 0 Å². The van der Waals surface area contributed by atoms with Crippen LogP contribution in [0.15, 0.2) is 60.7 Å². The second kappa shape index (κ2) is 4.45. The molecule has 1 aliphatic carbocycles. The van der Waals surface area contributed by atoms with Gasteiger partial charge in [-0.2, -0.15) is 0 Å². The van der Waals surface area contributed by atoms with Crippen molar-refractivity contribution in [3.8, 4) is 11.1 Å². The standard InChI is InChI=1S/C23H18/c1-14-7-12-20-21(15(14)2)13-18-11-10-17-9-8-16-5-3-4-6-19(16)22(17)23(18)20/h3-12H,13H2,1-2H3. The van der Waals surface area contributed by atoms with Crippen LogP contribution in [0, 0.1) is 13.8 Å². The van der Waals surface area contributed by atoms with Gasteiger partial charge in [0, 0.05) is 0 Å². The van der Waals surface area contributed by atoms with Gasteiger partial charge in [-0.1, -0.05) is 60.7 Å². The Morgan fingerprint density at radius 3 is 2.43 bits per heavy atom. The fourth-order valence-corrected chi connectivity index (χ4v) is 4.12. The third kappa shape index (κ3) is 1.66. The van der Waals surface area contributed by atoms with Crippen LogP contribution < -0.4 is 0 Å². The second-order valence-electron chi connectivity index (χ2n) is 6.69. The van der Waals surface area contributed by atoms with Crippen LogP contribution in [0.2, 0.25) is 0 Å². The molecule has 0 radical (unpaired) electrons. The van der Waals surface area contributed by atoms with Crippen molar-refractivity contribution in [2.24, 2.45) is 0 Å². The van der Waals surface area contributed by atoms with Crippen LogP contribution in [-0.2, 0) is 6.42 Å². The van der Waals surface area contributed by atoms with Crippen molar-refractivity contribution >= 4 is 21.5 Å². The summed E-state index contributed by atoms with van der Waals surface area (Å²) in [7, 11) is 0. The van der Waals surface area contributed by atoms with Gasteiger partial charge in [0.05, 0.1) is 0 Å². The highest BCUT2D eigenvalue weighted by Crippen LogP contribution is 2.45. The van der Waals surface area contributed by atoms with Gasteiger partial charge in [0.25, 0.3) is 0 Å². The van der Waals surface area contributed by atoms with Crippen LogP contribution in [0.4, 0.5) is 0 Å². The van der Waals surface area contributed by atoms with E-state index in [1.807, 2.05) is 0 Å². The molecule has 110 valence electrons. The van der Waals surface area contributed by atoms with Crippen molar-refractivity contribution in [3.63, 3.8) is 0 Å². The first-order valence-corrected chi connectivity index (χ1v) is 8.27. The van der Waals surface area contributed by atoms with E-state index in [-0.39, 0.29) is 0 Å². The maximum Gasteiger partial charge on any atom is -0.00105 e. The Labute approximate surface area is 136 Å². The summed E-state index contributed by atoms with van der Waals surface area (Å²) < 4.78 is 0. The SMILES string of the molecule is Cc1ccc2c(c1C)Cc1ccc3ccc4ccccc4c3c1-2. The highest BCUT2D eigenvalue weighted by atomic mass is 14.3. The molecule has 0 spiro atoms. The smallest absolute Gasteiger partial charge is 0.00105 e. The average molecular weight is 294 g/mol. The molecule has 0 aromatic heterocycles. The molecule has 1 aliphatic rings. The number of aryl methyl sites for hydroxylation is 1. The molecule has 0 saturated heterocycles. The van der Waals surface area contributed by atoms with Crippen LogP contribution >= 0.6 is 0 Å². The summed E-state index contributed by atoms with van der Waals surface area (Å²) in [6.07, 6.45) is 1.07. The molecule has 0 bridgehead atoms. The third-order valence-electron chi connectivity index (χ3n) is 5.50. The summed E-state index contributed by atoms with van der Waals surface area (Å²) in [4.78, 5) is 0. The lowest BCUT2D eigenvalue weighted by Gasteiger charge is -2.11. The molecule has 0 fully saturated rings. The Morgan fingerprint density at radius 1 is 0.739 bits per heavy atom. The first kappa shape index (κ1) is 12.9. The van der Waals surface area contributed by atoms with Crippen molar-refractivity contribution in [1.29, 1.82) is 0 Å². The fourth-order valence-electron chi connectivity index (χ4n) is 4.12. The fraction of sp³-hybridized carbons (Fsp3) is 0.130. The quantitative estimate of drug-likeness (QED) is 0.299. The van der Waals surface area contributed by atoms with Crippen LogP contribution in [0.5, 0.6) is 0 Å². The summed E-state index contributed by atoms with van der Waals surface area (Å²) >= 11 is 0. The number of benzene rings is 4. The van der Waals surface area contributed by atoms with E-state index in [0.29, 0.717) is 0 Å². The lowest BCUT2D eigenvalue weighted by molar-refractivity contribution is 1.19. The van der Waals surface area contributed by atoms with Gasteiger partial charge in [0.1, 0.15) is 0 Å². The van der Waals surface area contributed by atoms with Gasteiger partial charge in [0.15, 0.2) is 0 Å². The summed E-state index contributed by atoms with van der Waals surface area (Å²) in [5.74, 6) is 0. The minimum atomic E-state index is 1.07. The number of hydrogen-bond donors (Lipinski definition) is 0.